The Bertz CT molecular complexity index is 932. The van der Waals surface area contributed by atoms with Gasteiger partial charge < -0.3 is 20.3 Å². The van der Waals surface area contributed by atoms with Crippen molar-refractivity contribution >= 4 is 55.5 Å². The monoisotopic (exact) mass is 348 g/mol. The molecule has 0 aromatic carbocycles. The van der Waals surface area contributed by atoms with Gasteiger partial charge in [-0.15, -0.1) is 0 Å². The van der Waals surface area contributed by atoms with E-state index in [9.17, 15) is 9.59 Å². The van der Waals surface area contributed by atoms with E-state index < -0.39 is 5.97 Å². The highest BCUT2D eigenvalue weighted by molar-refractivity contribution is 7.22. The Kier molecular flexibility index (Phi) is 4.30. The van der Waals surface area contributed by atoms with Crippen LogP contribution in [0.25, 0.3) is 21.4 Å². The summed E-state index contributed by atoms with van der Waals surface area (Å²) in [6.45, 7) is 0. The molecular formula is C14H16N6O3S. The van der Waals surface area contributed by atoms with Gasteiger partial charge in [-0.25, -0.2) is 15.0 Å². The van der Waals surface area contributed by atoms with Crippen LogP contribution < -0.4 is 10.6 Å². The van der Waals surface area contributed by atoms with E-state index in [1.807, 2.05) is 11.6 Å². The molecule has 3 aromatic rings. The van der Waals surface area contributed by atoms with Crippen molar-refractivity contribution < 1.29 is 14.7 Å². The van der Waals surface area contributed by atoms with Gasteiger partial charge in [-0.05, 0) is 6.42 Å². The second kappa shape index (κ2) is 6.40. The summed E-state index contributed by atoms with van der Waals surface area (Å²) in [5.41, 5.74) is 2.24. The van der Waals surface area contributed by atoms with Gasteiger partial charge >= 0.3 is 5.97 Å². The third-order valence-corrected chi connectivity index (χ3v) is 4.35. The van der Waals surface area contributed by atoms with Crippen molar-refractivity contribution in [1.29, 1.82) is 0 Å². The first-order valence-electron chi connectivity index (χ1n) is 7.30. The van der Waals surface area contributed by atoms with Crippen LogP contribution in [0, 0.1) is 0 Å². The summed E-state index contributed by atoms with van der Waals surface area (Å²) < 4.78 is 1.86. The Morgan fingerprint density at radius 2 is 2.08 bits per heavy atom. The molecule has 9 nitrogen and oxygen atoms in total. The van der Waals surface area contributed by atoms with E-state index in [1.54, 1.807) is 13.4 Å². The van der Waals surface area contributed by atoms with Gasteiger partial charge in [0.1, 0.15) is 21.4 Å². The fraction of sp³-hybridized carbons (Fsp3) is 0.357. The molecule has 126 valence electrons. The van der Waals surface area contributed by atoms with Crippen LogP contribution in [0.3, 0.4) is 0 Å². The van der Waals surface area contributed by atoms with Gasteiger partial charge in [-0.3, -0.25) is 9.59 Å². The fourth-order valence-electron chi connectivity index (χ4n) is 2.39. The quantitative estimate of drug-likeness (QED) is 0.621. The van der Waals surface area contributed by atoms with Gasteiger partial charge in [0.25, 0.3) is 0 Å². The first-order chi connectivity index (χ1) is 11.5. The standard InChI is InChI=1S/C14H16N6O3S/c1-15-12-9-11(20(2)6-16-9)10-13(19-12)24-14(18-10)17-7(21)4-3-5-8(22)23/h6H,3-5H2,1-2H3,(H,15,19)(H,22,23)(H,17,18,21). The Balaban J connectivity index is 1.88. The summed E-state index contributed by atoms with van der Waals surface area (Å²) >= 11 is 1.27. The third-order valence-electron chi connectivity index (χ3n) is 3.49. The Hall–Kier alpha value is -2.75. The van der Waals surface area contributed by atoms with E-state index in [2.05, 4.69) is 25.6 Å². The number of carboxylic acid groups (broad SMARTS) is 1. The molecule has 3 aromatic heterocycles. The molecule has 0 saturated carbocycles. The molecule has 3 rings (SSSR count). The van der Waals surface area contributed by atoms with E-state index in [0.717, 1.165) is 11.0 Å². The normalized spacial score (nSPS) is 11.1. The van der Waals surface area contributed by atoms with Crippen molar-refractivity contribution in [3.63, 3.8) is 0 Å². The first kappa shape index (κ1) is 16.1. The number of thiazole rings is 1. The largest absolute Gasteiger partial charge is 0.481 e. The fourth-order valence-corrected chi connectivity index (χ4v) is 3.25. The molecule has 10 heteroatoms. The highest BCUT2D eigenvalue weighted by Crippen LogP contribution is 2.32. The molecule has 3 N–H and O–H groups in total. The number of anilines is 2. The molecule has 0 aliphatic rings. The highest BCUT2D eigenvalue weighted by Gasteiger charge is 2.17. The number of imidazole rings is 1. The van der Waals surface area contributed by atoms with Crippen LogP contribution in [0.15, 0.2) is 6.33 Å². The minimum Gasteiger partial charge on any atom is -0.481 e. The number of nitrogens with zero attached hydrogens (tertiary/aromatic N) is 4. The molecule has 1 amide bonds. The number of carboxylic acids is 1. The van der Waals surface area contributed by atoms with Crippen LogP contribution in [0.2, 0.25) is 0 Å². The average molecular weight is 348 g/mol. The van der Waals surface area contributed by atoms with Crippen LogP contribution in [0.4, 0.5) is 10.9 Å². The van der Waals surface area contributed by atoms with Gasteiger partial charge in [0, 0.05) is 26.9 Å². The summed E-state index contributed by atoms with van der Waals surface area (Å²) in [4.78, 5) is 36.3. The summed E-state index contributed by atoms with van der Waals surface area (Å²) in [7, 11) is 3.65. The maximum atomic E-state index is 11.9. The SMILES string of the molecule is CNc1nc2sc(NC(=O)CCCC(=O)O)nc2c2c1ncn2C. The number of amides is 1. The Labute approximate surface area is 140 Å². The lowest BCUT2D eigenvalue weighted by Crippen LogP contribution is -2.11. The number of hydrogen-bond donors (Lipinski definition) is 3. The molecule has 0 spiro atoms. The van der Waals surface area contributed by atoms with Gasteiger partial charge in [0.2, 0.25) is 5.91 Å². The molecule has 0 fully saturated rings. The zero-order valence-corrected chi connectivity index (χ0v) is 14.0. The predicted octanol–water partition coefficient (Wildman–Crippen LogP) is 1.81. The number of carbonyl (C=O) groups excluding carboxylic acids is 1. The summed E-state index contributed by atoms with van der Waals surface area (Å²) in [5.74, 6) is -0.517. The number of aryl methyl sites for hydroxylation is 1. The van der Waals surface area contributed by atoms with Crippen molar-refractivity contribution in [3.05, 3.63) is 6.33 Å². The zero-order chi connectivity index (χ0) is 17.3. The van der Waals surface area contributed by atoms with Crippen LogP contribution in [-0.2, 0) is 16.6 Å². The summed E-state index contributed by atoms with van der Waals surface area (Å²) in [6.07, 6.45) is 2.09. The minimum atomic E-state index is -0.912. The van der Waals surface area contributed by atoms with Gasteiger partial charge in [-0.1, -0.05) is 11.3 Å². The van der Waals surface area contributed by atoms with E-state index in [4.69, 9.17) is 5.11 Å². The molecular weight excluding hydrogens is 332 g/mol. The second-order valence-corrected chi connectivity index (χ2v) is 6.21. The lowest BCUT2D eigenvalue weighted by molar-refractivity contribution is -0.137. The number of nitrogens with one attached hydrogen (secondary N) is 2. The summed E-state index contributed by atoms with van der Waals surface area (Å²) in [5, 5.41) is 14.8. The zero-order valence-electron chi connectivity index (χ0n) is 13.2. The number of pyridine rings is 1. The van der Waals surface area contributed by atoms with Crippen molar-refractivity contribution in [2.75, 3.05) is 17.7 Å². The molecule has 0 bridgehead atoms. The smallest absolute Gasteiger partial charge is 0.303 e. The molecule has 0 aliphatic carbocycles. The number of carbonyl (C=O) groups is 2. The van der Waals surface area contributed by atoms with E-state index in [-0.39, 0.29) is 18.7 Å². The first-order valence-corrected chi connectivity index (χ1v) is 8.12. The van der Waals surface area contributed by atoms with E-state index in [0.29, 0.717) is 27.7 Å². The molecule has 3 heterocycles. The summed E-state index contributed by atoms with van der Waals surface area (Å²) in [6, 6.07) is 0. The molecule has 0 unspecified atom stereocenters. The maximum absolute atomic E-state index is 11.9. The van der Waals surface area contributed by atoms with Crippen molar-refractivity contribution in [2.24, 2.45) is 7.05 Å². The van der Waals surface area contributed by atoms with E-state index in [1.165, 1.54) is 11.3 Å². The number of hydrogen-bond acceptors (Lipinski definition) is 7. The number of rotatable bonds is 6. The van der Waals surface area contributed by atoms with Gasteiger partial charge in [0.05, 0.1) is 6.33 Å². The van der Waals surface area contributed by atoms with Crippen molar-refractivity contribution in [2.45, 2.75) is 19.3 Å². The number of aromatic nitrogens is 4. The van der Waals surface area contributed by atoms with Crippen LogP contribution >= 0.6 is 11.3 Å². The van der Waals surface area contributed by atoms with Crippen LogP contribution in [-0.4, -0.2) is 43.5 Å². The topological polar surface area (TPSA) is 122 Å². The van der Waals surface area contributed by atoms with Gasteiger partial charge in [0.15, 0.2) is 10.9 Å². The molecule has 0 aliphatic heterocycles. The minimum absolute atomic E-state index is 0.0318. The lowest BCUT2D eigenvalue weighted by atomic mass is 10.2. The van der Waals surface area contributed by atoms with Crippen LogP contribution in [0.5, 0.6) is 0 Å². The third kappa shape index (κ3) is 3.00. The molecule has 24 heavy (non-hydrogen) atoms. The Morgan fingerprint density at radius 3 is 2.79 bits per heavy atom. The highest BCUT2D eigenvalue weighted by atomic mass is 32.1. The van der Waals surface area contributed by atoms with Crippen molar-refractivity contribution in [1.82, 2.24) is 19.5 Å². The molecule has 0 saturated heterocycles. The van der Waals surface area contributed by atoms with E-state index >= 15 is 0 Å². The van der Waals surface area contributed by atoms with Crippen LogP contribution in [0.1, 0.15) is 19.3 Å². The maximum Gasteiger partial charge on any atom is 0.303 e. The second-order valence-electron chi connectivity index (χ2n) is 5.23. The molecule has 0 atom stereocenters. The Morgan fingerprint density at radius 1 is 1.29 bits per heavy atom. The predicted molar refractivity (Wildman–Crippen MR) is 91.4 cm³/mol. The number of aliphatic carboxylic acids is 1. The molecule has 0 radical (unpaired) electrons. The average Bonchev–Trinajstić information content (AvgIpc) is 3.09. The lowest BCUT2D eigenvalue weighted by Gasteiger charge is -2.01. The number of fused-ring (bicyclic) bond motifs is 3. The van der Waals surface area contributed by atoms with Gasteiger partial charge in [-0.2, -0.15) is 0 Å². The van der Waals surface area contributed by atoms with Crippen molar-refractivity contribution in [3.8, 4) is 0 Å².